The Bertz CT molecular complexity index is 297. The third-order valence-corrected chi connectivity index (χ3v) is 6.18. The second-order valence-electron chi connectivity index (χ2n) is 8.46. The topological polar surface area (TPSA) is 29.3 Å². The highest BCUT2D eigenvalue weighted by Crippen LogP contribution is 2.44. The molecule has 2 nitrogen and oxygen atoms in total. The molecule has 1 unspecified atom stereocenters. The van der Waals surface area contributed by atoms with Crippen LogP contribution in [0.1, 0.15) is 79.1 Å². The molecule has 1 atom stereocenters. The van der Waals surface area contributed by atoms with Crippen LogP contribution in [0.3, 0.4) is 0 Å². The van der Waals surface area contributed by atoms with Crippen LogP contribution in [-0.4, -0.2) is 29.6 Å². The SMILES string of the molecule is CC1CCCCCN1C1(CN)CCC(C(C)(C)C)CC1. The summed E-state index contributed by atoms with van der Waals surface area (Å²) in [6.45, 7) is 11.8. The van der Waals surface area contributed by atoms with E-state index >= 15 is 0 Å². The quantitative estimate of drug-likeness (QED) is 0.822. The van der Waals surface area contributed by atoms with E-state index in [4.69, 9.17) is 5.73 Å². The first-order chi connectivity index (χ1) is 9.39. The largest absolute Gasteiger partial charge is 0.329 e. The molecule has 0 aromatic rings. The monoisotopic (exact) mass is 280 g/mol. The molecule has 1 heterocycles. The van der Waals surface area contributed by atoms with Crippen LogP contribution >= 0.6 is 0 Å². The van der Waals surface area contributed by atoms with Gasteiger partial charge in [0.25, 0.3) is 0 Å². The average Bonchev–Trinajstić information content (AvgIpc) is 2.63. The second kappa shape index (κ2) is 6.36. The van der Waals surface area contributed by atoms with Gasteiger partial charge in [0.05, 0.1) is 0 Å². The van der Waals surface area contributed by atoms with Gasteiger partial charge in [0.15, 0.2) is 0 Å². The minimum atomic E-state index is 0.311. The van der Waals surface area contributed by atoms with Gasteiger partial charge in [-0.25, -0.2) is 0 Å². The van der Waals surface area contributed by atoms with Gasteiger partial charge in [-0.2, -0.15) is 0 Å². The second-order valence-corrected chi connectivity index (χ2v) is 8.46. The number of nitrogens with two attached hydrogens (primary N) is 1. The summed E-state index contributed by atoms with van der Waals surface area (Å²) in [6.07, 6.45) is 10.9. The van der Waals surface area contributed by atoms with Crippen LogP contribution in [0.5, 0.6) is 0 Å². The standard InChI is InChI=1S/C18H36N2/c1-15-8-6-5-7-13-20(15)18(14-19)11-9-16(10-12-18)17(2,3)4/h15-16H,5-14,19H2,1-4H3. The maximum atomic E-state index is 6.30. The molecule has 0 amide bonds. The van der Waals surface area contributed by atoms with Gasteiger partial charge >= 0.3 is 0 Å². The molecule has 1 saturated heterocycles. The molecule has 2 N–H and O–H groups in total. The van der Waals surface area contributed by atoms with Crippen molar-refractivity contribution < 1.29 is 0 Å². The third-order valence-electron chi connectivity index (χ3n) is 6.18. The van der Waals surface area contributed by atoms with E-state index in [2.05, 4.69) is 32.6 Å². The van der Waals surface area contributed by atoms with E-state index in [-0.39, 0.29) is 0 Å². The van der Waals surface area contributed by atoms with Crippen molar-refractivity contribution in [2.24, 2.45) is 17.1 Å². The summed E-state index contributed by atoms with van der Waals surface area (Å²) in [4.78, 5) is 2.80. The molecule has 2 rings (SSSR count). The normalized spacial score (nSPS) is 37.6. The zero-order valence-electron chi connectivity index (χ0n) is 14.3. The lowest BCUT2D eigenvalue weighted by molar-refractivity contribution is -0.00115. The molecule has 2 fully saturated rings. The predicted octanol–water partition coefficient (Wildman–Crippen LogP) is 4.18. The Morgan fingerprint density at radius 1 is 1.05 bits per heavy atom. The first-order valence-electron chi connectivity index (χ1n) is 8.86. The van der Waals surface area contributed by atoms with Gasteiger partial charge < -0.3 is 5.73 Å². The van der Waals surface area contributed by atoms with Crippen LogP contribution in [0, 0.1) is 11.3 Å². The number of hydrogen-bond acceptors (Lipinski definition) is 2. The Hall–Kier alpha value is -0.0800. The first-order valence-corrected chi connectivity index (χ1v) is 8.86. The van der Waals surface area contributed by atoms with Gasteiger partial charge in [0, 0.05) is 18.1 Å². The van der Waals surface area contributed by atoms with E-state index in [1.165, 1.54) is 57.9 Å². The first kappa shape index (κ1) is 16.3. The molecule has 1 aliphatic carbocycles. The smallest absolute Gasteiger partial charge is 0.0334 e. The highest BCUT2D eigenvalue weighted by Gasteiger charge is 2.43. The van der Waals surface area contributed by atoms with E-state index in [1.54, 1.807) is 0 Å². The molecule has 20 heavy (non-hydrogen) atoms. The average molecular weight is 281 g/mol. The molecule has 0 bridgehead atoms. The summed E-state index contributed by atoms with van der Waals surface area (Å²) >= 11 is 0. The Morgan fingerprint density at radius 3 is 2.25 bits per heavy atom. The van der Waals surface area contributed by atoms with Crippen molar-refractivity contribution in [3.05, 3.63) is 0 Å². The van der Waals surface area contributed by atoms with Crippen molar-refractivity contribution in [2.45, 2.75) is 90.6 Å². The summed E-state index contributed by atoms with van der Waals surface area (Å²) in [5.41, 5.74) is 7.07. The van der Waals surface area contributed by atoms with Gasteiger partial charge in [0.2, 0.25) is 0 Å². The molecule has 1 aliphatic heterocycles. The molecule has 118 valence electrons. The summed E-state index contributed by atoms with van der Waals surface area (Å²) in [7, 11) is 0. The van der Waals surface area contributed by atoms with Crippen molar-refractivity contribution in [2.75, 3.05) is 13.1 Å². The molecule has 2 aliphatic rings. The van der Waals surface area contributed by atoms with Crippen LogP contribution in [0.25, 0.3) is 0 Å². The van der Waals surface area contributed by atoms with Crippen LogP contribution in [-0.2, 0) is 0 Å². The van der Waals surface area contributed by atoms with Crippen molar-refractivity contribution in [3.8, 4) is 0 Å². The molecule has 0 spiro atoms. The van der Waals surface area contributed by atoms with E-state index < -0.39 is 0 Å². The lowest BCUT2D eigenvalue weighted by Gasteiger charge is -2.51. The third kappa shape index (κ3) is 3.39. The number of rotatable bonds is 2. The molecule has 0 aromatic carbocycles. The highest BCUT2D eigenvalue weighted by atomic mass is 15.2. The van der Waals surface area contributed by atoms with Crippen LogP contribution in [0.4, 0.5) is 0 Å². The summed E-state index contributed by atoms with van der Waals surface area (Å²) in [6, 6.07) is 0.729. The Morgan fingerprint density at radius 2 is 1.70 bits per heavy atom. The van der Waals surface area contributed by atoms with E-state index in [9.17, 15) is 0 Å². The Kier molecular flexibility index (Phi) is 5.18. The summed E-state index contributed by atoms with van der Waals surface area (Å²) in [5, 5.41) is 0. The number of likely N-dealkylation sites (tertiary alicyclic amines) is 1. The Balaban J connectivity index is 2.07. The maximum absolute atomic E-state index is 6.30. The van der Waals surface area contributed by atoms with Crippen molar-refractivity contribution in [1.82, 2.24) is 4.90 Å². The molecular formula is C18H36N2. The number of hydrogen-bond donors (Lipinski definition) is 1. The van der Waals surface area contributed by atoms with Crippen LogP contribution < -0.4 is 5.73 Å². The van der Waals surface area contributed by atoms with Gasteiger partial charge in [-0.3, -0.25) is 4.90 Å². The zero-order valence-corrected chi connectivity index (χ0v) is 14.3. The van der Waals surface area contributed by atoms with Gasteiger partial charge in [-0.05, 0) is 63.3 Å². The van der Waals surface area contributed by atoms with Crippen molar-refractivity contribution in [1.29, 1.82) is 0 Å². The number of nitrogens with zero attached hydrogens (tertiary/aromatic N) is 1. The molecular weight excluding hydrogens is 244 g/mol. The lowest BCUT2D eigenvalue weighted by Crippen LogP contribution is -2.59. The molecule has 1 saturated carbocycles. The zero-order chi connectivity index (χ0) is 14.8. The van der Waals surface area contributed by atoms with E-state index in [0.717, 1.165) is 18.5 Å². The Labute approximate surface area is 126 Å². The van der Waals surface area contributed by atoms with Crippen LogP contribution in [0.2, 0.25) is 0 Å². The predicted molar refractivity (Wildman–Crippen MR) is 87.8 cm³/mol. The molecule has 2 heteroatoms. The fraction of sp³-hybridized carbons (Fsp3) is 1.00. The minimum absolute atomic E-state index is 0.311. The van der Waals surface area contributed by atoms with Crippen LogP contribution in [0.15, 0.2) is 0 Å². The highest BCUT2D eigenvalue weighted by molar-refractivity contribution is 4.99. The van der Waals surface area contributed by atoms with E-state index in [1.807, 2.05) is 0 Å². The van der Waals surface area contributed by atoms with Crippen molar-refractivity contribution in [3.63, 3.8) is 0 Å². The fourth-order valence-electron chi connectivity index (χ4n) is 4.61. The van der Waals surface area contributed by atoms with Gasteiger partial charge in [0.1, 0.15) is 0 Å². The maximum Gasteiger partial charge on any atom is 0.0334 e. The summed E-state index contributed by atoms with van der Waals surface area (Å²) in [5.74, 6) is 0.879. The lowest BCUT2D eigenvalue weighted by atomic mass is 9.66. The van der Waals surface area contributed by atoms with Gasteiger partial charge in [-0.15, -0.1) is 0 Å². The fourth-order valence-corrected chi connectivity index (χ4v) is 4.61. The van der Waals surface area contributed by atoms with Crippen molar-refractivity contribution >= 4 is 0 Å². The summed E-state index contributed by atoms with van der Waals surface area (Å²) < 4.78 is 0. The minimum Gasteiger partial charge on any atom is -0.329 e. The van der Waals surface area contributed by atoms with E-state index in [0.29, 0.717) is 11.0 Å². The molecule has 0 radical (unpaired) electrons. The molecule has 0 aromatic heterocycles. The van der Waals surface area contributed by atoms with Gasteiger partial charge in [-0.1, -0.05) is 33.6 Å².